The highest BCUT2D eigenvalue weighted by atomic mass is 127. The lowest BCUT2D eigenvalue weighted by atomic mass is 9.85. The minimum atomic E-state index is -0.468. The highest BCUT2D eigenvalue weighted by molar-refractivity contribution is 14.0. The largest absolute Gasteiger partial charge is 0.390 e. The Hall–Kier alpha value is -0.860. The van der Waals surface area contributed by atoms with Crippen molar-refractivity contribution in [2.45, 2.75) is 38.3 Å². The summed E-state index contributed by atoms with van der Waals surface area (Å²) in [5, 5.41) is 13.4. The van der Waals surface area contributed by atoms with Gasteiger partial charge < -0.3 is 16.2 Å². The zero-order valence-electron chi connectivity index (χ0n) is 14.2. The fourth-order valence-electron chi connectivity index (χ4n) is 3.27. The van der Waals surface area contributed by atoms with Crippen LogP contribution in [0.2, 0.25) is 0 Å². The number of nitrogens with two attached hydrogens (primary N) is 1. The molecule has 0 spiro atoms. The predicted molar refractivity (Wildman–Crippen MR) is 109 cm³/mol. The molecule has 5 nitrogen and oxygen atoms in total. The Balaban J connectivity index is 0.00000208. The van der Waals surface area contributed by atoms with Gasteiger partial charge in [-0.1, -0.05) is 30.7 Å². The zero-order valence-corrected chi connectivity index (χ0v) is 16.5. The average molecular weight is 444 g/mol. The van der Waals surface area contributed by atoms with Crippen molar-refractivity contribution in [1.82, 2.24) is 10.2 Å². The number of hydrogen-bond donors (Lipinski definition) is 3. The Morgan fingerprint density at radius 1 is 1.33 bits per heavy atom. The second kappa shape index (κ2) is 9.58. The summed E-state index contributed by atoms with van der Waals surface area (Å²) in [5.74, 6) is 1.21. The van der Waals surface area contributed by atoms with Crippen molar-refractivity contribution >= 4 is 29.9 Å². The van der Waals surface area contributed by atoms with Crippen LogP contribution in [0, 0.1) is 5.92 Å². The number of hydrogen-bond acceptors (Lipinski definition) is 3. The predicted octanol–water partition coefficient (Wildman–Crippen LogP) is 1.73. The summed E-state index contributed by atoms with van der Waals surface area (Å²) in [6, 6.07) is 8.55. The molecule has 1 atom stereocenters. The highest BCUT2D eigenvalue weighted by Gasteiger charge is 2.19. The SMILES string of the molecule is I.NC(=NCC(O)CN1CCc2ccccc2C1)NCC1CCC1. The molecule has 1 aromatic carbocycles. The fraction of sp³-hybridized carbons (Fsp3) is 0.611. The molecule has 0 saturated heterocycles. The van der Waals surface area contributed by atoms with Gasteiger partial charge in [0.1, 0.15) is 0 Å². The van der Waals surface area contributed by atoms with E-state index in [-0.39, 0.29) is 24.0 Å². The summed E-state index contributed by atoms with van der Waals surface area (Å²) >= 11 is 0. The number of aliphatic imine (C=N–C) groups is 1. The van der Waals surface area contributed by atoms with Gasteiger partial charge >= 0.3 is 0 Å². The molecule has 0 amide bonds. The first-order valence-corrected chi connectivity index (χ1v) is 8.71. The van der Waals surface area contributed by atoms with E-state index in [0.29, 0.717) is 19.0 Å². The lowest BCUT2D eigenvalue weighted by molar-refractivity contribution is 0.111. The van der Waals surface area contributed by atoms with Crippen molar-refractivity contribution in [3.05, 3.63) is 35.4 Å². The van der Waals surface area contributed by atoms with Gasteiger partial charge in [-0.3, -0.25) is 9.89 Å². The highest BCUT2D eigenvalue weighted by Crippen LogP contribution is 2.25. The summed E-state index contributed by atoms with van der Waals surface area (Å²) in [6.45, 7) is 3.82. The first-order chi connectivity index (χ1) is 11.2. The number of halogens is 1. The molecule has 2 aliphatic rings. The number of rotatable bonds is 6. The number of β-amino-alcohol motifs (C(OH)–C–C–N with tert-alkyl or cyclic N) is 1. The van der Waals surface area contributed by atoms with Crippen LogP contribution in [0.4, 0.5) is 0 Å². The van der Waals surface area contributed by atoms with Crippen LogP contribution < -0.4 is 11.1 Å². The Labute approximate surface area is 161 Å². The number of benzene rings is 1. The van der Waals surface area contributed by atoms with Crippen LogP contribution in [-0.2, 0) is 13.0 Å². The molecule has 1 fully saturated rings. The molecule has 1 aliphatic heterocycles. The van der Waals surface area contributed by atoms with Gasteiger partial charge in [0.05, 0.1) is 12.6 Å². The molecule has 0 radical (unpaired) electrons. The molecule has 0 bridgehead atoms. The van der Waals surface area contributed by atoms with Gasteiger partial charge in [0.2, 0.25) is 0 Å². The molecule has 3 rings (SSSR count). The quantitative estimate of drug-likeness (QED) is 0.355. The van der Waals surface area contributed by atoms with Crippen molar-refractivity contribution < 1.29 is 5.11 Å². The van der Waals surface area contributed by atoms with Crippen molar-refractivity contribution in [3.63, 3.8) is 0 Å². The van der Waals surface area contributed by atoms with Crippen molar-refractivity contribution in [1.29, 1.82) is 0 Å². The van der Waals surface area contributed by atoms with Gasteiger partial charge in [0.25, 0.3) is 0 Å². The maximum atomic E-state index is 10.2. The first kappa shape index (κ1) is 19.5. The maximum Gasteiger partial charge on any atom is 0.188 e. The van der Waals surface area contributed by atoms with E-state index >= 15 is 0 Å². The minimum absolute atomic E-state index is 0. The second-order valence-corrected chi connectivity index (χ2v) is 6.81. The molecule has 6 heteroatoms. The van der Waals surface area contributed by atoms with Crippen LogP contribution in [0.1, 0.15) is 30.4 Å². The van der Waals surface area contributed by atoms with E-state index in [1.165, 1.54) is 30.4 Å². The van der Waals surface area contributed by atoms with Gasteiger partial charge in [-0.05, 0) is 36.3 Å². The summed E-state index contributed by atoms with van der Waals surface area (Å²) in [4.78, 5) is 6.56. The topological polar surface area (TPSA) is 73.9 Å². The smallest absolute Gasteiger partial charge is 0.188 e. The fourth-order valence-corrected chi connectivity index (χ4v) is 3.27. The summed E-state index contributed by atoms with van der Waals surface area (Å²) in [6.07, 6.45) is 4.50. The van der Waals surface area contributed by atoms with Gasteiger partial charge in [0, 0.05) is 26.2 Å². The normalized spacial score (nSPS) is 19.8. The van der Waals surface area contributed by atoms with Crippen molar-refractivity contribution in [2.75, 3.05) is 26.2 Å². The van der Waals surface area contributed by atoms with Gasteiger partial charge in [-0.25, -0.2) is 0 Å². The van der Waals surface area contributed by atoms with E-state index in [4.69, 9.17) is 5.73 Å². The summed E-state index contributed by atoms with van der Waals surface area (Å²) < 4.78 is 0. The Kier molecular flexibility index (Phi) is 7.77. The third-order valence-electron chi connectivity index (χ3n) is 4.95. The van der Waals surface area contributed by atoms with E-state index in [0.717, 1.165) is 32.0 Å². The second-order valence-electron chi connectivity index (χ2n) is 6.81. The van der Waals surface area contributed by atoms with Crippen molar-refractivity contribution in [3.8, 4) is 0 Å². The van der Waals surface area contributed by atoms with E-state index in [1.807, 2.05) is 0 Å². The number of fused-ring (bicyclic) bond motifs is 1. The van der Waals surface area contributed by atoms with Crippen molar-refractivity contribution in [2.24, 2.45) is 16.6 Å². The molecule has 1 saturated carbocycles. The van der Waals surface area contributed by atoms with Gasteiger partial charge in [0.15, 0.2) is 5.96 Å². The Morgan fingerprint density at radius 2 is 2.08 bits per heavy atom. The Bertz CT molecular complexity index is 548. The third kappa shape index (κ3) is 5.60. The average Bonchev–Trinajstić information content (AvgIpc) is 2.51. The number of nitrogens with one attached hydrogen (secondary N) is 1. The molecule has 1 aliphatic carbocycles. The Morgan fingerprint density at radius 3 is 2.79 bits per heavy atom. The maximum absolute atomic E-state index is 10.2. The van der Waals surface area contributed by atoms with Gasteiger partial charge in [-0.2, -0.15) is 0 Å². The molecule has 134 valence electrons. The van der Waals surface area contributed by atoms with Crippen LogP contribution >= 0.6 is 24.0 Å². The molecule has 1 aromatic rings. The number of guanidine groups is 1. The molecular weight excluding hydrogens is 415 g/mol. The van der Waals surface area contributed by atoms with E-state index < -0.39 is 6.10 Å². The van der Waals surface area contributed by atoms with Crippen LogP contribution in [0.5, 0.6) is 0 Å². The first-order valence-electron chi connectivity index (χ1n) is 8.71. The molecule has 1 unspecified atom stereocenters. The molecular formula is C18H29IN4O. The summed E-state index contributed by atoms with van der Waals surface area (Å²) in [7, 11) is 0. The molecule has 24 heavy (non-hydrogen) atoms. The molecule has 1 heterocycles. The number of aliphatic hydroxyl groups is 1. The molecule has 4 N–H and O–H groups in total. The van der Waals surface area contributed by atoms with Crippen LogP contribution in [0.25, 0.3) is 0 Å². The number of nitrogens with zero attached hydrogens (tertiary/aromatic N) is 2. The van der Waals surface area contributed by atoms with E-state index in [2.05, 4.69) is 39.5 Å². The summed E-state index contributed by atoms with van der Waals surface area (Å²) in [5.41, 5.74) is 8.66. The number of aliphatic hydroxyl groups excluding tert-OH is 1. The third-order valence-corrected chi connectivity index (χ3v) is 4.95. The van der Waals surface area contributed by atoms with Crippen LogP contribution in [0.15, 0.2) is 29.3 Å². The van der Waals surface area contributed by atoms with E-state index in [9.17, 15) is 5.11 Å². The zero-order chi connectivity index (χ0) is 16.1. The molecule has 0 aromatic heterocycles. The van der Waals surface area contributed by atoms with Gasteiger partial charge in [-0.15, -0.1) is 24.0 Å². The minimum Gasteiger partial charge on any atom is -0.390 e. The monoisotopic (exact) mass is 444 g/mol. The lowest BCUT2D eigenvalue weighted by Crippen LogP contribution is -2.40. The standard InChI is InChI=1S/C18H28N4O.HI/c19-18(20-10-14-4-3-5-14)21-11-17(23)13-22-9-8-15-6-1-2-7-16(15)12-22;/h1-2,6-7,14,17,23H,3-5,8-13H2,(H3,19,20,21);1H. The lowest BCUT2D eigenvalue weighted by Gasteiger charge is -2.30. The van der Waals surface area contributed by atoms with E-state index in [1.54, 1.807) is 0 Å². The van der Waals surface area contributed by atoms with Crippen LogP contribution in [0.3, 0.4) is 0 Å². The van der Waals surface area contributed by atoms with Crippen LogP contribution in [-0.4, -0.2) is 48.2 Å².